The normalized spacial score (nSPS) is 13.9. The van der Waals surface area contributed by atoms with Gasteiger partial charge in [0.2, 0.25) is 0 Å². The molecule has 1 unspecified atom stereocenters. The zero-order valence-corrected chi connectivity index (χ0v) is 13.8. The average molecular weight is 340 g/mol. The third kappa shape index (κ3) is 6.14. The van der Waals surface area contributed by atoms with Crippen LogP contribution in [0, 0.1) is 0 Å². The summed E-state index contributed by atoms with van der Waals surface area (Å²) in [6.45, 7) is 4.62. The van der Waals surface area contributed by atoms with Gasteiger partial charge in [0.1, 0.15) is 12.3 Å². The van der Waals surface area contributed by atoms with E-state index < -0.39 is 13.5 Å². The van der Waals surface area contributed by atoms with E-state index in [1.165, 1.54) is 18.8 Å². The van der Waals surface area contributed by atoms with Crippen LogP contribution in [-0.2, 0) is 14.1 Å². The molecule has 0 aromatic heterocycles. The predicted molar refractivity (Wildman–Crippen MR) is 79.9 cm³/mol. The zero-order chi connectivity index (χ0) is 15.3. The molecule has 0 aliphatic carbocycles. The van der Waals surface area contributed by atoms with Gasteiger partial charge in [0.05, 0.1) is 16.1 Å². The second-order valence-electron chi connectivity index (χ2n) is 4.39. The maximum Gasteiger partial charge on any atom is 0.320 e. The monoisotopic (exact) mass is 339 g/mol. The van der Waals surface area contributed by atoms with E-state index in [9.17, 15) is 9.36 Å². The summed E-state index contributed by atoms with van der Waals surface area (Å²) in [4.78, 5) is 11.4. The van der Waals surface area contributed by atoms with Crippen molar-refractivity contribution in [1.82, 2.24) is 5.09 Å². The van der Waals surface area contributed by atoms with Gasteiger partial charge in [0.25, 0.3) is 0 Å². The minimum atomic E-state index is -3.20. The lowest BCUT2D eigenvalue weighted by atomic mass is 10.3. The summed E-state index contributed by atoms with van der Waals surface area (Å²) in [6.07, 6.45) is -0.225. The fourth-order valence-electron chi connectivity index (χ4n) is 1.28. The molecule has 5 nitrogen and oxygen atoms in total. The Morgan fingerprint density at radius 3 is 2.55 bits per heavy atom. The Balaban J connectivity index is 2.58. The summed E-state index contributed by atoms with van der Waals surface area (Å²) in [6, 6.07) is 4.53. The van der Waals surface area contributed by atoms with Gasteiger partial charge < -0.3 is 9.26 Å². The van der Waals surface area contributed by atoms with Crippen molar-refractivity contribution in [2.75, 3.05) is 13.2 Å². The molecule has 0 spiro atoms. The molecule has 0 heterocycles. The fraction of sp³-hybridized carbons (Fsp3) is 0.417. The molecule has 20 heavy (non-hydrogen) atoms. The average Bonchev–Trinajstić information content (AvgIpc) is 2.30. The molecule has 0 saturated carbocycles. The molecular formula is C12H16Cl2NO4P. The van der Waals surface area contributed by atoms with Gasteiger partial charge in [-0.2, -0.15) is 0 Å². The first-order valence-electron chi connectivity index (χ1n) is 5.86. The summed E-state index contributed by atoms with van der Waals surface area (Å²) in [5.41, 5.74) is 0. The van der Waals surface area contributed by atoms with Crippen LogP contribution in [0.1, 0.15) is 13.8 Å². The highest BCUT2D eigenvalue weighted by atomic mass is 35.5. The Labute approximate surface area is 128 Å². The van der Waals surface area contributed by atoms with Gasteiger partial charge in [-0.3, -0.25) is 9.36 Å². The van der Waals surface area contributed by atoms with E-state index in [-0.39, 0.29) is 12.6 Å². The Morgan fingerprint density at radius 1 is 1.35 bits per heavy atom. The van der Waals surface area contributed by atoms with E-state index in [1.54, 1.807) is 19.9 Å². The van der Waals surface area contributed by atoms with Crippen molar-refractivity contribution in [2.24, 2.45) is 0 Å². The molecule has 1 rings (SSSR count). The lowest BCUT2D eigenvalue weighted by Gasteiger charge is -2.17. The van der Waals surface area contributed by atoms with Crippen LogP contribution in [0.15, 0.2) is 18.2 Å². The molecule has 0 fully saturated rings. The number of esters is 1. The first-order chi connectivity index (χ1) is 9.19. The van der Waals surface area contributed by atoms with E-state index in [0.717, 1.165) is 0 Å². The van der Waals surface area contributed by atoms with Crippen molar-refractivity contribution < 1.29 is 18.6 Å². The molecule has 112 valence electrons. The number of rotatable bonds is 6. The topological polar surface area (TPSA) is 64.6 Å². The molecule has 1 aromatic rings. The van der Waals surface area contributed by atoms with Crippen molar-refractivity contribution in [3.63, 3.8) is 0 Å². The smallest absolute Gasteiger partial charge is 0.320 e. The first kappa shape index (κ1) is 17.3. The Morgan fingerprint density at radius 2 is 2.00 bits per heavy atom. The number of halogens is 2. The number of hydrogen-bond acceptors (Lipinski definition) is 4. The molecule has 0 radical (unpaired) electrons. The van der Waals surface area contributed by atoms with Crippen LogP contribution in [0.5, 0.6) is 5.75 Å². The van der Waals surface area contributed by atoms with Gasteiger partial charge >= 0.3 is 13.5 Å². The molecule has 8 heteroatoms. The SMILES string of the molecule is CC(C)OC(=O)CNP(C)(=O)Oc1ccc(Cl)c(Cl)c1. The molecule has 0 bridgehead atoms. The van der Waals surface area contributed by atoms with E-state index >= 15 is 0 Å². The number of nitrogens with one attached hydrogen (secondary N) is 1. The number of benzene rings is 1. The van der Waals surface area contributed by atoms with E-state index in [2.05, 4.69) is 5.09 Å². The third-order valence-corrected chi connectivity index (χ3v) is 4.08. The number of hydrogen-bond donors (Lipinski definition) is 1. The van der Waals surface area contributed by atoms with Gasteiger partial charge in [0, 0.05) is 12.7 Å². The van der Waals surface area contributed by atoms with Gasteiger partial charge in [-0.1, -0.05) is 23.2 Å². The van der Waals surface area contributed by atoms with Crippen LogP contribution in [0.25, 0.3) is 0 Å². The number of carbonyl (C=O) groups is 1. The minimum absolute atomic E-state index is 0.201. The van der Waals surface area contributed by atoms with E-state index in [4.69, 9.17) is 32.5 Å². The summed E-state index contributed by atoms with van der Waals surface area (Å²) >= 11 is 11.6. The van der Waals surface area contributed by atoms with Crippen molar-refractivity contribution >= 4 is 36.7 Å². The summed E-state index contributed by atoms with van der Waals surface area (Å²) < 4.78 is 22.4. The van der Waals surface area contributed by atoms with Crippen LogP contribution < -0.4 is 9.61 Å². The molecular weight excluding hydrogens is 324 g/mol. The van der Waals surface area contributed by atoms with Crippen LogP contribution >= 0.6 is 30.7 Å². The number of carbonyl (C=O) groups excluding carboxylic acids is 1. The Kier molecular flexibility index (Phi) is 6.34. The van der Waals surface area contributed by atoms with Gasteiger partial charge in [-0.15, -0.1) is 0 Å². The lowest BCUT2D eigenvalue weighted by Crippen LogP contribution is -2.25. The minimum Gasteiger partial charge on any atom is -0.462 e. The summed E-state index contributed by atoms with van der Waals surface area (Å²) in [7, 11) is -3.20. The lowest BCUT2D eigenvalue weighted by molar-refractivity contribution is -0.145. The molecule has 0 aliphatic rings. The zero-order valence-electron chi connectivity index (χ0n) is 11.4. The second-order valence-corrected chi connectivity index (χ2v) is 7.39. The molecule has 0 saturated heterocycles. The van der Waals surface area contributed by atoms with Crippen molar-refractivity contribution in [3.8, 4) is 5.75 Å². The van der Waals surface area contributed by atoms with Crippen LogP contribution in [0.3, 0.4) is 0 Å². The molecule has 1 N–H and O–H groups in total. The largest absolute Gasteiger partial charge is 0.462 e. The number of ether oxygens (including phenoxy) is 1. The van der Waals surface area contributed by atoms with Crippen LogP contribution in [-0.4, -0.2) is 25.3 Å². The molecule has 1 aromatic carbocycles. The maximum absolute atomic E-state index is 12.2. The van der Waals surface area contributed by atoms with Gasteiger partial charge in [0.15, 0.2) is 0 Å². The molecule has 1 atom stereocenters. The van der Waals surface area contributed by atoms with Crippen molar-refractivity contribution in [3.05, 3.63) is 28.2 Å². The second kappa shape index (κ2) is 7.32. The quantitative estimate of drug-likeness (QED) is 0.631. The van der Waals surface area contributed by atoms with E-state index in [1.807, 2.05) is 0 Å². The van der Waals surface area contributed by atoms with E-state index in [0.29, 0.717) is 15.8 Å². The summed E-state index contributed by atoms with van der Waals surface area (Å²) in [5.74, 6) is -0.199. The fourth-order valence-corrected chi connectivity index (χ4v) is 2.56. The standard InChI is InChI=1S/C12H16Cl2NO4P/c1-8(2)18-12(16)7-15-20(3,17)19-9-4-5-10(13)11(14)6-9/h4-6,8H,7H2,1-3H3,(H,15,17). The third-order valence-electron chi connectivity index (χ3n) is 2.05. The van der Waals surface area contributed by atoms with Crippen LogP contribution in [0.2, 0.25) is 10.0 Å². The highest BCUT2D eigenvalue weighted by Crippen LogP contribution is 2.40. The van der Waals surface area contributed by atoms with Crippen molar-refractivity contribution in [2.45, 2.75) is 20.0 Å². The summed E-state index contributed by atoms with van der Waals surface area (Å²) in [5, 5.41) is 3.20. The highest BCUT2D eigenvalue weighted by Gasteiger charge is 2.19. The predicted octanol–water partition coefficient (Wildman–Crippen LogP) is 3.74. The Bertz CT molecular complexity index is 536. The maximum atomic E-state index is 12.2. The molecule has 0 amide bonds. The Hall–Kier alpha value is -0.740. The van der Waals surface area contributed by atoms with Gasteiger partial charge in [-0.25, -0.2) is 5.09 Å². The van der Waals surface area contributed by atoms with Crippen molar-refractivity contribution in [1.29, 1.82) is 0 Å². The van der Waals surface area contributed by atoms with Crippen LogP contribution in [0.4, 0.5) is 0 Å². The van der Waals surface area contributed by atoms with Gasteiger partial charge in [-0.05, 0) is 26.0 Å². The molecule has 0 aliphatic heterocycles. The highest BCUT2D eigenvalue weighted by molar-refractivity contribution is 7.56. The first-order valence-corrected chi connectivity index (χ1v) is 8.69.